The summed E-state index contributed by atoms with van der Waals surface area (Å²) in [6, 6.07) is 3.25. The molecular formula is C10H7ClF3NO. The fourth-order valence-electron chi connectivity index (χ4n) is 1.53. The van der Waals surface area contributed by atoms with Crippen molar-refractivity contribution >= 4 is 17.3 Å². The molecule has 2 nitrogen and oxygen atoms in total. The normalized spacial score (nSPS) is 19.8. The Morgan fingerprint density at radius 1 is 1.38 bits per heavy atom. The molecule has 1 aromatic carbocycles. The summed E-state index contributed by atoms with van der Waals surface area (Å²) in [4.78, 5) is 0. The van der Waals surface area contributed by atoms with Gasteiger partial charge in [0.1, 0.15) is 11.2 Å². The molecule has 1 aliphatic heterocycles. The van der Waals surface area contributed by atoms with Gasteiger partial charge in [-0.3, -0.25) is 0 Å². The zero-order valence-electron chi connectivity index (χ0n) is 8.18. The van der Waals surface area contributed by atoms with E-state index in [2.05, 4.69) is 4.74 Å². The van der Waals surface area contributed by atoms with E-state index in [1.165, 1.54) is 6.07 Å². The lowest BCUT2D eigenvalue weighted by molar-refractivity contribution is 0.217. The number of methoxy groups -OCH3 is 1. The second-order valence-electron chi connectivity index (χ2n) is 3.20. The molecule has 0 amide bonds. The molecule has 0 spiro atoms. The van der Waals surface area contributed by atoms with Crippen LogP contribution in [0.25, 0.3) is 0 Å². The molecule has 0 fully saturated rings. The first-order valence-corrected chi connectivity index (χ1v) is 4.83. The number of benzene rings is 1. The fourth-order valence-corrected chi connectivity index (χ4v) is 1.80. The zero-order chi connectivity index (χ0) is 11.9. The molecule has 0 bridgehead atoms. The average molecular weight is 250 g/mol. The van der Waals surface area contributed by atoms with Crippen LogP contribution in [0.5, 0.6) is 0 Å². The van der Waals surface area contributed by atoms with Crippen LogP contribution in [0.15, 0.2) is 29.9 Å². The monoisotopic (exact) mass is 249 g/mol. The van der Waals surface area contributed by atoms with Crippen LogP contribution in [-0.2, 0) is 4.74 Å². The highest BCUT2D eigenvalue weighted by atomic mass is 35.5. The van der Waals surface area contributed by atoms with Crippen molar-refractivity contribution < 1.29 is 18.0 Å². The van der Waals surface area contributed by atoms with Gasteiger partial charge < -0.3 is 4.74 Å². The molecule has 0 aliphatic carbocycles. The quantitative estimate of drug-likeness (QED) is 0.557. The van der Waals surface area contributed by atoms with E-state index in [0.717, 1.165) is 19.2 Å². The van der Waals surface area contributed by atoms with Crippen LogP contribution in [0.4, 0.5) is 18.9 Å². The highest BCUT2D eigenvalue weighted by Crippen LogP contribution is 2.44. The topological polar surface area (TPSA) is 12.5 Å². The van der Waals surface area contributed by atoms with Gasteiger partial charge in [0.05, 0.1) is 12.8 Å². The first-order chi connectivity index (χ1) is 7.56. The molecule has 1 heterocycles. The SMILES string of the molecule is COC1=C(F)C(Cl)c2ccc(F)cc2N1F. The van der Waals surface area contributed by atoms with Gasteiger partial charge in [0.25, 0.3) is 5.88 Å². The van der Waals surface area contributed by atoms with E-state index in [9.17, 15) is 13.3 Å². The summed E-state index contributed by atoms with van der Waals surface area (Å²) in [7, 11) is 1.11. The van der Waals surface area contributed by atoms with Crippen LogP contribution < -0.4 is 5.12 Å². The number of halogens is 4. The molecule has 6 heteroatoms. The Hall–Kier alpha value is -1.36. The first kappa shape index (κ1) is 11.1. The molecule has 0 saturated carbocycles. The van der Waals surface area contributed by atoms with E-state index < -0.39 is 22.9 Å². The summed E-state index contributed by atoms with van der Waals surface area (Å²) >= 11 is 5.76. The molecule has 2 rings (SSSR count). The summed E-state index contributed by atoms with van der Waals surface area (Å²) in [5.41, 5.74) is 0.00196. The number of alkyl halides is 1. The first-order valence-electron chi connectivity index (χ1n) is 4.39. The summed E-state index contributed by atoms with van der Waals surface area (Å²) in [5.74, 6) is -2.23. The lowest BCUT2D eigenvalue weighted by Crippen LogP contribution is -2.22. The summed E-state index contributed by atoms with van der Waals surface area (Å²) < 4.78 is 44.6. The molecular weight excluding hydrogens is 243 g/mol. The van der Waals surface area contributed by atoms with Crippen molar-refractivity contribution in [1.82, 2.24) is 0 Å². The van der Waals surface area contributed by atoms with Crippen LogP contribution in [0.1, 0.15) is 10.9 Å². The van der Waals surface area contributed by atoms with Crippen molar-refractivity contribution in [3.63, 3.8) is 0 Å². The van der Waals surface area contributed by atoms with Gasteiger partial charge in [-0.15, -0.1) is 16.7 Å². The molecule has 0 radical (unpaired) electrons. The van der Waals surface area contributed by atoms with Crippen molar-refractivity contribution in [3.05, 3.63) is 41.3 Å². The van der Waals surface area contributed by atoms with Crippen molar-refractivity contribution in [2.75, 3.05) is 12.2 Å². The number of hydrogen-bond donors (Lipinski definition) is 0. The number of allylic oxidation sites excluding steroid dienone is 1. The van der Waals surface area contributed by atoms with Gasteiger partial charge in [-0.1, -0.05) is 10.5 Å². The molecule has 1 atom stereocenters. The minimum absolute atomic E-state index is 0.0629. The van der Waals surface area contributed by atoms with Gasteiger partial charge >= 0.3 is 0 Å². The Morgan fingerprint density at radius 2 is 2.06 bits per heavy atom. The van der Waals surface area contributed by atoms with E-state index in [4.69, 9.17) is 11.6 Å². The Morgan fingerprint density at radius 3 is 2.69 bits per heavy atom. The third kappa shape index (κ3) is 1.51. The van der Waals surface area contributed by atoms with Gasteiger partial charge in [-0.25, -0.2) is 8.78 Å². The van der Waals surface area contributed by atoms with Crippen molar-refractivity contribution in [2.24, 2.45) is 0 Å². The number of anilines is 1. The van der Waals surface area contributed by atoms with E-state index >= 15 is 0 Å². The van der Waals surface area contributed by atoms with Crippen LogP contribution in [0, 0.1) is 5.82 Å². The minimum atomic E-state index is -1.17. The molecule has 1 aromatic rings. The number of fused-ring (bicyclic) bond motifs is 1. The summed E-state index contributed by atoms with van der Waals surface area (Å²) in [5, 5.41) is -1.23. The van der Waals surface area contributed by atoms with Crippen LogP contribution in [0.3, 0.4) is 0 Å². The lowest BCUT2D eigenvalue weighted by Gasteiger charge is -2.26. The van der Waals surface area contributed by atoms with Crippen LogP contribution in [-0.4, -0.2) is 7.11 Å². The Labute approximate surface area is 94.8 Å². The number of nitrogens with zero attached hydrogens (tertiary/aromatic N) is 1. The molecule has 1 unspecified atom stereocenters. The average Bonchev–Trinajstić information content (AvgIpc) is 2.27. The highest BCUT2D eigenvalue weighted by Gasteiger charge is 2.34. The van der Waals surface area contributed by atoms with Crippen LogP contribution >= 0.6 is 11.6 Å². The second-order valence-corrected chi connectivity index (χ2v) is 3.64. The standard InChI is InChI=1S/C10H7ClF3NO/c1-16-10-9(13)8(11)6-3-2-5(12)4-7(6)15(10)14/h2-4,8H,1H3. The number of rotatable bonds is 1. The maximum atomic E-state index is 13.6. The van der Waals surface area contributed by atoms with Gasteiger partial charge in [-0.2, -0.15) is 0 Å². The molecule has 0 aromatic heterocycles. The molecule has 0 saturated heterocycles. The van der Waals surface area contributed by atoms with Gasteiger partial charge in [0.15, 0.2) is 5.83 Å². The Kier molecular flexibility index (Phi) is 2.71. The van der Waals surface area contributed by atoms with E-state index in [1.807, 2.05) is 0 Å². The third-order valence-corrected chi connectivity index (χ3v) is 2.70. The van der Waals surface area contributed by atoms with E-state index in [0.29, 0.717) is 0 Å². The van der Waals surface area contributed by atoms with Crippen LogP contribution in [0.2, 0.25) is 0 Å². The smallest absolute Gasteiger partial charge is 0.257 e. The largest absolute Gasteiger partial charge is 0.479 e. The summed E-state index contributed by atoms with van der Waals surface area (Å²) in [6.07, 6.45) is 0. The van der Waals surface area contributed by atoms with E-state index in [1.54, 1.807) is 0 Å². The Bertz CT molecular complexity index is 463. The second kappa shape index (κ2) is 3.90. The maximum Gasteiger partial charge on any atom is 0.257 e. The fraction of sp³-hybridized carbons (Fsp3) is 0.200. The van der Waals surface area contributed by atoms with Gasteiger partial charge in [-0.05, 0) is 6.07 Å². The Balaban J connectivity index is 2.59. The van der Waals surface area contributed by atoms with Gasteiger partial charge in [0, 0.05) is 11.6 Å². The number of hydrogen-bond acceptors (Lipinski definition) is 2. The van der Waals surface area contributed by atoms with Crippen molar-refractivity contribution in [2.45, 2.75) is 5.38 Å². The molecule has 1 aliphatic rings. The van der Waals surface area contributed by atoms with Crippen molar-refractivity contribution in [3.8, 4) is 0 Å². The number of ether oxygens (including phenoxy) is 1. The highest BCUT2D eigenvalue weighted by molar-refractivity contribution is 6.23. The predicted octanol–water partition coefficient (Wildman–Crippen LogP) is 3.60. The maximum absolute atomic E-state index is 13.6. The molecule has 86 valence electrons. The lowest BCUT2D eigenvalue weighted by atomic mass is 10.1. The zero-order valence-corrected chi connectivity index (χ0v) is 8.93. The van der Waals surface area contributed by atoms with Gasteiger partial charge in [0.2, 0.25) is 0 Å². The predicted molar refractivity (Wildman–Crippen MR) is 53.7 cm³/mol. The third-order valence-electron chi connectivity index (χ3n) is 2.28. The van der Waals surface area contributed by atoms with E-state index in [-0.39, 0.29) is 16.4 Å². The van der Waals surface area contributed by atoms with Crippen molar-refractivity contribution in [1.29, 1.82) is 0 Å². The summed E-state index contributed by atoms with van der Waals surface area (Å²) in [6.45, 7) is 0. The minimum Gasteiger partial charge on any atom is -0.479 e. The molecule has 0 N–H and O–H groups in total. The molecule has 16 heavy (non-hydrogen) atoms.